The molecule has 0 atom stereocenters. The highest BCUT2D eigenvalue weighted by Gasteiger charge is 2.14. The van der Waals surface area contributed by atoms with E-state index in [1.165, 1.54) is 0 Å². The van der Waals surface area contributed by atoms with Crippen molar-refractivity contribution in [3.63, 3.8) is 0 Å². The van der Waals surface area contributed by atoms with Crippen molar-refractivity contribution in [2.24, 2.45) is 0 Å². The fraction of sp³-hybridized carbons (Fsp3) is 0. The van der Waals surface area contributed by atoms with Gasteiger partial charge in [-0.25, -0.2) is 4.98 Å². The summed E-state index contributed by atoms with van der Waals surface area (Å²) in [6.07, 6.45) is 1.62. The van der Waals surface area contributed by atoms with Gasteiger partial charge in [0.15, 0.2) is 0 Å². The maximum atomic E-state index is 12.4. The van der Waals surface area contributed by atoms with Gasteiger partial charge in [-0.3, -0.25) is 4.79 Å². The van der Waals surface area contributed by atoms with Crippen molar-refractivity contribution in [3.8, 4) is 22.6 Å². The Labute approximate surface area is 126 Å². The molecule has 2 aromatic carbocycles. The third kappa shape index (κ3) is 2.02. The lowest BCUT2D eigenvalue weighted by atomic mass is 10.0. The van der Waals surface area contributed by atoms with Gasteiger partial charge in [0, 0.05) is 11.1 Å². The van der Waals surface area contributed by atoms with Crippen molar-refractivity contribution in [2.45, 2.75) is 0 Å². The molecule has 0 amide bonds. The third-order valence-corrected chi connectivity index (χ3v) is 3.57. The van der Waals surface area contributed by atoms with Crippen LogP contribution in [0.2, 0.25) is 0 Å². The minimum absolute atomic E-state index is 0.210. The Morgan fingerprint density at radius 1 is 0.864 bits per heavy atom. The Balaban J connectivity index is 2.00. The first-order valence-electron chi connectivity index (χ1n) is 6.95. The summed E-state index contributed by atoms with van der Waals surface area (Å²) < 4.78 is 5.47. The minimum atomic E-state index is -0.210. The highest BCUT2D eigenvalue weighted by molar-refractivity contribution is 5.82. The van der Waals surface area contributed by atoms with E-state index in [9.17, 15) is 4.79 Å². The zero-order chi connectivity index (χ0) is 14.9. The summed E-state index contributed by atoms with van der Waals surface area (Å²) in [5, 5.41) is 0. The quantitative estimate of drug-likeness (QED) is 0.609. The molecule has 2 aromatic heterocycles. The van der Waals surface area contributed by atoms with E-state index in [2.05, 4.69) is 9.97 Å². The second kappa shape index (κ2) is 5.00. The number of furan rings is 1. The first-order chi connectivity index (χ1) is 10.8. The van der Waals surface area contributed by atoms with E-state index in [1.807, 2.05) is 60.7 Å². The van der Waals surface area contributed by atoms with Crippen LogP contribution in [0.15, 0.2) is 76.1 Å². The Morgan fingerprint density at radius 2 is 1.64 bits per heavy atom. The van der Waals surface area contributed by atoms with Gasteiger partial charge in [0.2, 0.25) is 0 Å². The predicted octanol–water partition coefficient (Wildman–Crippen LogP) is 3.85. The number of H-pyrrole nitrogens is 1. The molecule has 4 aromatic rings. The van der Waals surface area contributed by atoms with Crippen LogP contribution in [0.1, 0.15) is 0 Å². The van der Waals surface area contributed by atoms with Crippen LogP contribution in [0.3, 0.4) is 0 Å². The Kier molecular flexibility index (Phi) is 2.86. The van der Waals surface area contributed by atoms with Crippen molar-refractivity contribution < 1.29 is 4.42 Å². The molecule has 4 rings (SSSR count). The zero-order valence-electron chi connectivity index (χ0n) is 11.6. The number of rotatable bonds is 2. The normalized spacial score (nSPS) is 10.9. The van der Waals surface area contributed by atoms with E-state index >= 15 is 0 Å². The van der Waals surface area contributed by atoms with Gasteiger partial charge in [-0.2, -0.15) is 0 Å². The average molecular weight is 288 g/mol. The van der Waals surface area contributed by atoms with Gasteiger partial charge in [-0.1, -0.05) is 36.4 Å². The molecule has 4 nitrogen and oxygen atoms in total. The van der Waals surface area contributed by atoms with Crippen molar-refractivity contribution in [3.05, 3.63) is 77.3 Å². The lowest BCUT2D eigenvalue weighted by Crippen LogP contribution is -2.11. The number of benzene rings is 2. The van der Waals surface area contributed by atoms with Gasteiger partial charge >= 0.3 is 0 Å². The predicted molar refractivity (Wildman–Crippen MR) is 85.5 cm³/mol. The first-order valence-corrected chi connectivity index (χ1v) is 6.95. The van der Waals surface area contributed by atoms with Gasteiger partial charge < -0.3 is 9.40 Å². The molecule has 0 saturated heterocycles. The molecule has 0 bridgehead atoms. The van der Waals surface area contributed by atoms with Crippen LogP contribution >= 0.6 is 0 Å². The molecule has 0 spiro atoms. The van der Waals surface area contributed by atoms with Gasteiger partial charge in [-0.15, -0.1) is 0 Å². The van der Waals surface area contributed by atoms with Crippen molar-refractivity contribution in [1.29, 1.82) is 0 Å². The van der Waals surface area contributed by atoms with Gasteiger partial charge in [0.05, 0.1) is 17.3 Å². The van der Waals surface area contributed by atoms with Crippen molar-refractivity contribution in [1.82, 2.24) is 9.97 Å². The second-order valence-electron chi connectivity index (χ2n) is 4.95. The fourth-order valence-electron chi connectivity index (χ4n) is 2.55. The molecular weight excluding hydrogens is 276 g/mol. The van der Waals surface area contributed by atoms with E-state index in [1.54, 1.807) is 6.26 Å². The summed E-state index contributed by atoms with van der Waals surface area (Å²) in [5.74, 6) is 0.713. The van der Waals surface area contributed by atoms with E-state index in [0.29, 0.717) is 11.5 Å². The standard InChI is InChI=1S/C18H12N2O2/c21-18-17(19-14-8-3-4-9-15(14)20-18)13-7-2-1-6-12(13)16-10-5-11-22-16/h1-11H,(H,20,21). The monoisotopic (exact) mass is 288 g/mol. The van der Waals surface area contributed by atoms with Crippen LogP contribution in [0.25, 0.3) is 33.6 Å². The summed E-state index contributed by atoms with van der Waals surface area (Å²) >= 11 is 0. The third-order valence-electron chi connectivity index (χ3n) is 3.57. The summed E-state index contributed by atoms with van der Waals surface area (Å²) in [7, 11) is 0. The number of hydrogen-bond acceptors (Lipinski definition) is 3. The number of para-hydroxylation sites is 2. The lowest BCUT2D eigenvalue weighted by Gasteiger charge is -2.07. The molecule has 0 aliphatic carbocycles. The minimum Gasteiger partial charge on any atom is -0.464 e. The maximum Gasteiger partial charge on any atom is 0.274 e. The van der Waals surface area contributed by atoms with Gasteiger partial charge in [0.25, 0.3) is 5.56 Å². The molecule has 1 N–H and O–H groups in total. The average Bonchev–Trinajstić information content (AvgIpc) is 3.08. The SMILES string of the molecule is O=c1[nH]c2ccccc2nc1-c1ccccc1-c1ccco1. The van der Waals surface area contributed by atoms with Crippen molar-refractivity contribution in [2.75, 3.05) is 0 Å². The van der Waals surface area contributed by atoms with Gasteiger partial charge in [-0.05, 0) is 24.3 Å². The van der Waals surface area contributed by atoms with E-state index < -0.39 is 0 Å². The Morgan fingerprint density at radius 3 is 2.45 bits per heavy atom. The highest BCUT2D eigenvalue weighted by Crippen LogP contribution is 2.30. The Hall–Kier alpha value is -3.14. The lowest BCUT2D eigenvalue weighted by molar-refractivity contribution is 0.582. The van der Waals surface area contributed by atoms with E-state index in [4.69, 9.17) is 4.42 Å². The van der Waals surface area contributed by atoms with E-state index in [0.717, 1.165) is 22.2 Å². The molecule has 22 heavy (non-hydrogen) atoms. The van der Waals surface area contributed by atoms with Gasteiger partial charge in [0.1, 0.15) is 11.5 Å². The van der Waals surface area contributed by atoms with Crippen LogP contribution in [0, 0.1) is 0 Å². The fourth-order valence-corrected chi connectivity index (χ4v) is 2.55. The number of aromatic amines is 1. The summed E-state index contributed by atoms with van der Waals surface area (Å²) in [6, 6.07) is 18.8. The molecule has 0 saturated carbocycles. The maximum absolute atomic E-state index is 12.4. The molecule has 2 heterocycles. The molecule has 0 radical (unpaired) electrons. The molecule has 0 fully saturated rings. The van der Waals surface area contributed by atoms with Crippen LogP contribution in [0.5, 0.6) is 0 Å². The van der Waals surface area contributed by atoms with Crippen LogP contribution in [-0.4, -0.2) is 9.97 Å². The number of nitrogens with zero attached hydrogens (tertiary/aromatic N) is 1. The van der Waals surface area contributed by atoms with Crippen LogP contribution < -0.4 is 5.56 Å². The summed E-state index contributed by atoms with van der Waals surface area (Å²) in [6.45, 7) is 0. The molecule has 4 heteroatoms. The molecule has 106 valence electrons. The number of aromatic nitrogens is 2. The summed E-state index contributed by atoms with van der Waals surface area (Å²) in [5.41, 5.74) is 3.27. The highest BCUT2D eigenvalue weighted by atomic mass is 16.3. The second-order valence-corrected chi connectivity index (χ2v) is 4.95. The van der Waals surface area contributed by atoms with E-state index in [-0.39, 0.29) is 5.56 Å². The first kappa shape index (κ1) is 12.6. The number of hydrogen-bond donors (Lipinski definition) is 1. The zero-order valence-corrected chi connectivity index (χ0v) is 11.6. The van der Waals surface area contributed by atoms with Crippen molar-refractivity contribution >= 4 is 11.0 Å². The molecule has 0 aliphatic heterocycles. The number of nitrogens with one attached hydrogen (secondary N) is 1. The number of fused-ring (bicyclic) bond motifs is 1. The smallest absolute Gasteiger partial charge is 0.274 e. The molecule has 0 aliphatic rings. The van der Waals surface area contributed by atoms with Crippen LogP contribution in [-0.2, 0) is 0 Å². The van der Waals surface area contributed by atoms with Crippen LogP contribution in [0.4, 0.5) is 0 Å². The largest absolute Gasteiger partial charge is 0.464 e. The molecule has 0 unspecified atom stereocenters. The summed E-state index contributed by atoms with van der Waals surface area (Å²) in [4.78, 5) is 19.8. The Bertz CT molecular complexity index is 1000. The topological polar surface area (TPSA) is 58.9 Å². The molecular formula is C18H12N2O2.